The fourth-order valence-corrected chi connectivity index (χ4v) is 8.18. The second-order valence-corrected chi connectivity index (χ2v) is 12.5. The Hall–Kier alpha value is -5.00. The molecule has 0 N–H and O–H groups in total. The smallest absolute Gasteiger partial charge is 0.180 e. The van der Waals surface area contributed by atoms with Gasteiger partial charge in [-0.1, -0.05) is 78.9 Å². The van der Waals surface area contributed by atoms with Crippen LogP contribution in [-0.4, -0.2) is 22.3 Å². The summed E-state index contributed by atoms with van der Waals surface area (Å²) in [5.41, 5.74) is 8.63. The molecule has 5 heteroatoms. The second kappa shape index (κ2) is 10.0. The molecule has 0 bridgehead atoms. The third kappa shape index (κ3) is 3.82. The summed E-state index contributed by atoms with van der Waals surface area (Å²) >= 11 is 1.77. The average Bonchev–Trinajstić information content (AvgIpc) is 3.73. The predicted molar refractivity (Wildman–Crippen MR) is 183 cm³/mol. The lowest BCUT2D eigenvalue weighted by Crippen LogP contribution is -2.14. The molecular formula is C39H30N2O2S. The van der Waals surface area contributed by atoms with Gasteiger partial charge in [0.05, 0.1) is 9.75 Å². The van der Waals surface area contributed by atoms with Gasteiger partial charge in [-0.25, -0.2) is 0 Å². The van der Waals surface area contributed by atoms with Crippen LogP contribution in [0.1, 0.15) is 12.5 Å². The molecule has 4 nitrogen and oxygen atoms in total. The van der Waals surface area contributed by atoms with Crippen molar-refractivity contribution in [3.63, 3.8) is 0 Å². The first-order valence-electron chi connectivity index (χ1n) is 15.3. The number of hydrogen-bond donors (Lipinski definition) is 0. The van der Waals surface area contributed by atoms with Crippen LogP contribution in [0.2, 0.25) is 0 Å². The topological polar surface area (TPSA) is 28.3 Å². The van der Waals surface area contributed by atoms with E-state index in [-0.39, 0.29) is 0 Å². The lowest BCUT2D eigenvalue weighted by Gasteiger charge is -2.17. The Morgan fingerprint density at radius 3 is 1.64 bits per heavy atom. The quantitative estimate of drug-likeness (QED) is 0.200. The Bertz CT molecular complexity index is 2360. The van der Waals surface area contributed by atoms with E-state index in [2.05, 4.69) is 131 Å². The molecule has 0 spiro atoms. The Morgan fingerprint density at radius 1 is 0.545 bits per heavy atom. The van der Waals surface area contributed by atoms with Gasteiger partial charge in [0.2, 0.25) is 0 Å². The molecule has 4 heterocycles. The van der Waals surface area contributed by atoms with Gasteiger partial charge in [0.15, 0.2) is 11.5 Å². The summed E-state index contributed by atoms with van der Waals surface area (Å²) < 4.78 is 17.5. The predicted octanol–water partition coefficient (Wildman–Crippen LogP) is 10.1. The second-order valence-electron chi connectivity index (χ2n) is 11.4. The zero-order valence-corrected chi connectivity index (χ0v) is 25.2. The first-order chi connectivity index (χ1) is 21.8. The Kier molecular flexibility index (Phi) is 5.81. The molecule has 0 saturated carbocycles. The van der Waals surface area contributed by atoms with Crippen molar-refractivity contribution in [2.75, 3.05) is 13.2 Å². The molecule has 214 valence electrons. The van der Waals surface area contributed by atoms with E-state index in [9.17, 15) is 0 Å². The zero-order valence-electron chi connectivity index (χ0n) is 24.4. The first-order valence-corrected chi connectivity index (χ1v) is 16.1. The maximum absolute atomic E-state index is 6.35. The van der Waals surface area contributed by atoms with E-state index in [1.165, 1.54) is 49.2 Å². The van der Waals surface area contributed by atoms with Gasteiger partial charge < -0.3 is 18.6 Å². The van der Waals surface area contributed by atoms with Crippen molar-refractivity contribution in [2.45, 2.75) is 20.0 Å². The van der Waals surface area contributed by atoms with Crippen LogP contribution in [-0.2, 0) is 13.1 Å². The maximum Gasteiger partial charge on any atom is 0.180 e. The number of para-hydroxylation sites is 2. The van der Waals surface area contributed by atoms with Crippen LogP contribution in [0.5, 0.6) is 11.5 Å². The van der Waals surface area contributed by atoms with Crippen LogP contribution in [0.3, 0.4) is 0 Å². The molecule has 0 saturated heterocycles. The minimum Gasteiger partial charge on any atom is -0.485 e. The third-order valence-electron chi connectivity index (χ3n) is 8.97. The number of aryl methyl sites for hydroxylation is 1. The minimum atomic E-state index is 0.553. The highest BCUT2D eigenvalue weighted by molar-refractivity contribution is 7.19. The molecule has 0 fully saturated rings. The number of fused-ring (bicyclic) bond motifs is 7. The zero-order chi connectivity index (χ0) is 29.2. The highest BCUT2D eigenvalue weighted by Crippen LogP contribution is 2.54. The molecule has 1 aliphatic heterocycles. The molecular weight excluding hydrogens is 561 g/mol. The van der Waals surface area contributed by atoms with Crippen LogP contribution in [0, 0.1) is 0 Å². The number of rotatable bonds is 5. The van der Waals surface area contributed by atoms with Crippen molar-refractivity contribution in [3.8, 4) is 32.4 Å². The van der Waals surface area contributed by atoms with Crippen molar-refractivity contribution < 1.29 is 9.47 Å². The van der Waals surface area contributed by atoms with E-state index < -0.39 is 0 Å². The number of thiophene rings is 1. The van der Waals surface area contributed by atoms with E-state index in [0.29, 0.717) is 13.2 Å². The van der Waals surface area contributed by atoms with Gasteiger partial charge in [0, 0.05) is 56.7 Å². The van der Waals surface area contributed by atoms with Gasteiger partial charge in [0.25, 0.3) is 0 Å². The summed E-state index contributed by atoms with van der Waals surface area (Å²) in [6, 6.07) is 41.8. The average molecular weight is 591 g/mol. The summed E-state index contributed by atoms with van der Waals surface area (Å²) in [5.74, 6) is 1.72. The van der Waals surface area contributed by atoms with Gasteiger partial charge >= 0.3 is 0 Å². The third-order valence-corrected chi connectivity index (χ3v) is 10.2. The largest absolute Gasteiger partial charge is 0.485 e. The summed E-state index contributed by atoms with van der Waals surface area (Å²) in [4.78, 5) is 2.24. The van der Waals surface area contributed by atoms with Gasteiger partial charge in [-0.3, -0.25) is 0 Å². The molecule has 9 rings (SSSR count). The number of aromatic nitrogens is 2. The van der Waals surface area contributed by atoms with Crippen molar-refractivity contribution in [3.05, 3.63) is 121 Å². The summed E-state index contributed by atoms with van der Waals surface area (Å²) in [7, 11) is 0. The molecule has 0 radical (unpaired) electrons. The molecule has 0 amide bonds. The van der Waals surface area contributed by atoms with Gasteiger partial charge in [-0.2, -0.15) is 0 Å². The summed E-state index contributed by atoms with van der Waals surface area (Å²) in [5, 5.41) is 5.07. The fourth-order valence-electron chi connectivity index (χ4n) is 7.00. The van der Waals surface area contributed by atoms with E-state index in [4.69, 9.17) is 9.47 Å². The van der Waals surface area contributed by atoms with Gasteiger partial charge in [0.1, 0.15) is 13.2 Å². The van der Waals surface area contributed by atoms with Crippen LogP contribution in [0.25, 0.3) is 64.5 Å². The van der Waals surface area contributed by atoms with Crippen molar-refractivity contribution >= 4 is 54.9 Å². The standard InChI is InChI=1S/C39H30N2O2S/c1-2-40-32-14-8-6-12-28(32)30-22-26(16-18-34(30)40)38-36-37(43-21-20-42-36)39(44-38)27-17-19-35-31(23-27)29-13-7-9-15-33(29)41(35)24-25-10-4-3-5-11-25/h3-19,22-23H,2,20-21,24H2,1H3. The van der Waals surface area contributed by atoms with Crippen LogP contribution >= 0.6 is 11.3 Å². The van der Waals surface area contributed by atoms with E-state index in [1.54, 1.807) is 11.3 Å². The highest BCUT2D eigenvalue weighted by atomic mass is 32.1. The normalized spacial score (nSPS) is 13.0. The number of benzene rings is 5. The Balaban J connectivity index is 1.21. The fraction of sp³-hybridized carbons (Fsp3) is 0.128. The summed E-state index contributed by atoms with van der Waals surface area (Å²) in [6.45, 7) is 5.08. The molecule has 0 aliphatic carbocycles. The molecule has 44 heavy (non-hydrogen) atoms. The molecule has 8 aromatic rings. The van der Waals surface area contributed by atoms with E-state index in [0.717, 1.165) is 45.5 Å². The van der Waals surface area contributed by atoms with Crippen molar-refractivity contribution in [2.24, 2.45) is 0 Å². The van der Waals surface area contributed by atoms with E-state index >= 15 is 0 Å². The first kappa shape index (κ1) is 25.5. The van der Waals surface area contributed by atoms with Crippen molar-refractivity contribution in [1.82, 2.24) is 9.13 Å². The SMILES string of the molecule is CCn1c2ccccc2c2cc(-c3sc(-c4ccc5c(c4)c4ccccc4n5Cc4ccccc4)c4c3OCCO4)ccc21. The minimum absolute atomic E-state index is 0.553. The molecule has 0 unspecified atom stereocenters. The molecule has 1 aliphatic rings. The number of nitrogens with zero attached hydrogens (tertiary/aromatic N) is 2. The van der Waals surface area contributed by atoms with Crippen LogP contribution in [0.4, 0.5) is 0 Å². The lowest BCUT2D eigenvalue weighted by molar-refractivity contribution is 0.175. The van der Waals surface area contributed by atoms with Crippen molar-refractivity contribution in [1.29, 1.82) is 0 Å². The van der Waals surface area contributed by atoms with Gasteiger partial charge in [-0.15, -0.1) is 11.3 Å². The molecule has 5 aromatic carbocycles. The Labute approximate surface area is 259 Å². The number of ether oxygens (including phenoxy) is 2. The van der Waals surface area contributed by atoms with E-state index in [1.807, 2.05) is 0 Å². The lowest BCUT2D eigenvalue weighted by atomic mass is 10.1. The maximum atomic E-state index is 6.35. The molecule has 0 atom stereocenters. The Morgan fingerprint density at radius 2 is 1.05 bits per heavy atom. The van der Waals surface area contributed by atoms with Crippen LogP contribution in [0.15, 0.2) is 115 Å². The van der Waals surface area contributed by atoms with Gasteiger partial charge in [-0.05, 0) is 60.0 Å². The monoisotopic (exact) mass is 590 g/mol. The van der Waals surface area contributed by atoms with Crippen LogP contribution < -0.4 is 9.47 Å². The molecule has 3 aromatic heterocycles. The highest BCUT2D eigenvalue weighted by Gasteiger charge is 2.27. The summed E-state index contributed by atoms with van der Waals surface area (Å²) in [6.07, 6.45) is 0. The number of hydrogen-bond acceptors (Lipinski definition) is 3.